The Hall–Kier alpha value is -1.87. The molecule has 0 spiro atoms. The zero-order valence-electron chi connectivity index (χ0n) is 15.0. The van der Waals surface area contributed by atoms with Crippen LogP contribution in [0, 0.1) is 5.92 Å². The van der Waals surface area contributed by atoms with Crippen molar-refractivity contribution < 1.29 is 22.4 Å². The topological polar surface area (TPSA) is 91.1 Å². The summed E-state index contributed by atoms with van der Waals surface area (Å²) in [5.74, 6) is 0.195. The van der Waals surface area contributed by atoms with Gasteiger partial charge in [-0.1, -0.05) is 0 Å². The molecule has 0 saturated carbocycles. The predicted molar refractivity (Wildman–Crippen MR) is 94.9 cm³/mol. The SMILES string of the molecule is CCS(=O)(=O)N1CCC(C(=O)N2CCN(C(=O)c3ccco3)CC2)CC1. The molecule has 0 atom stereocenters. The molecule has 0 radical (unpaired) electrons. The molecular formula is C17H25N3O5S. The minimum atomic E-state index is -3.18. The molecule has 26 heavy (non-hydrogen) atoms. The second kappa shape index (κ2) is 7.79. The first-order chi connectivity index (χ1) is 12.4. The summed E-state index contributed by atoms with van der Waals surface area (Å²) in [5.41, 5.74) is 0. The molecule has 2 amide bonds. The van der Waals surface area contributed by atoms with E-state index in [2.05, 4.69) is 0 Å². The number of nitrogens with zero attached hydrogens (tertiary/aromatic N) is 3. The van der Waals surface area contributed by atoms with Gasteiger partial charge in [0.25, 0.3) is 5.91 Å². The van der Waals surface area contributed by atoms with E-state index in [1.807, 2.05) is 0 Å². The van der Waals surface area contributed by atoms with Crippen LogP contribution in [0.5, 0.6) is 0 Å². The lowest BCUT2D eigenvalue weighted by Gasteiger charge is -2.38. The van der Waals surface area contributed by atoms with Gasteiger partial charge in [-0.25, -0.2) is 12.7 Å². The van der Waals surface area contributed by atoms with Crippen molar-refractivity contribution in [1.82, 2.24) is 14.1 Å². The molecule has 9 heteroatoms. The average molecular weight is 383 g/mol. The van der Waals surface area contributed by atoms with E-state index in [0.29, 0.717) is 57.9 Å². The first-order valence-corrected chi connectivity index (χ1v) is 10.6. The van der Waals surface area contributed by atoms with Crippen molar-refractivity contribution in [3.63, 3.8) is 0 Å². The molecule has 0 N–H and O–H groups in total. The lowest BCUT2D eigenvalue weighted by atomic mass is 9.96. The maximum atomic E-state index is 12.7. The highest BCUT2D eigenvalue weighted by Crippen LogP contribution is 2.23. The summed E-state index contributed by atoms with van der Waals surface area (Å²) in [6, 6.07) is 3.32. The average Bonchev–Trinajstić information content (AvgIpc) is 3.22. The zero-order chi connectivity index (χ0) is 18.7. The van der Waals surface area contributed by atoms with Crippen molar-refractivity contribution in [3.8, 4) is 0 Å². The van der Waals surface area contributed by atoms with Gasteiger partial charge in [-0.3, -0.25) is 9.59 Å². The Morgan fingerprint density at radius 3 is 2.23 bits per heavy atom. The molecule has 0 aliphatic carbocycles. The van der Waals surface area contributed by atoms with E-state index in [9.17, 15) is 18.0 Å². The first-order valence-electron chi connectivity index (χ1n) is 9.01. The number of hydrogen-bond acceptors (Lipinski definition) is 5. The van der Waals surface area contributed by atoms with E-state index in [0.717, 1.165) is 0 Å². The van der Waals surface area contributed by atoms with Crippen molar-refractivity contribution in [2.24, 2.45) is 5.92 Å². The number of rotatable bonds is 4. The van der Waals surface area contributed by atoms with E-state index in [-0.39, 0.29) is 23.5 Å². The molecule has 3 rings (SSSR count). The second-order valence-corrected chi connectivity index (χ2v) is 8.93. The fourth-order valence-electron chi connectivity index (χ4n) is 3.51. The van der Waals surface area contributed by atoms with Crippen molar-refractivity contribution in [3.05, 3.63) is 24.2 Å². The van der Waals surface area contributed by atoms with Crippen LogP contribution in [0.25, 0.3) is 0 Å². The number of piperazine rings is 1. The quantitative estimate of drug-likeness (QED) is 0.760. The molecular weight excluding hydrogens is 358 g/mol. The molecule has 1 aromatic rings. The third-order valence-corrected chi connectivity index (χ3v) is 7.05. The fraction of sp³-hybridized carbons (Fsp3) is 0.647. The Labute approximate surface area is 153 Å². The van der Waals surface area contributed by atoms with Crippen LogP contribution >= 0.6 is 0 Å². The van der Waals surface area contributed by atoms with Gasteiger partial charge in [-0.15, -0.1) is 0 Å². The summed E-state index contributed by atoms with van der Waals surface area (Å²) in [6.45, 7) is 4.41. The Morgan fingerprint density at radius 1 is 1.08 bits per heavy atom. The number of amides is 2. The van der Waals surface area contributed by atoms with E-state index in [1.54, 1.807) is 28.9 Å². The summed E-state index contributed by atoms with van der Waals surface area (Å²) >= 11 is 0. The minimum Gasteiger partial charge on any atom is -0.459 e. The van der Waals surface area contributed by atoms with Crippen molar-refractivity contribution in [2.75, 3.05) is 45.0 Å². The predicted octanol–water partition coefficient (Wildman–Crippen LogP) is 0.626. The second-order valence-electron chi connectivity index (χ2n) is 6.67. The van der Waals surface area contributed by atoms with Gasteiger partial charge in [-0.2, -0.15) is 0 Å². The maximum absolute atomic E-state index is 12.7. The van der Waals surface area contributed by atoms with E-state index >= 15 is 0 Å². The highest BCUT2D eigenvalue weighted by atomic mass is 32.2. The molecule has 0 unspecified atom stereocenters. The van der Waals surface area contributed by atoms with Gasteiger partial charge in [0.15, 0.2) is 5.76 Å². The Bertz CT molecular complexity index is 730. The molecule has 8 nitrogen and oxygen atoms in total. The molecule has 144 valence electrons. The molecule has 3 heterocycles. The van der Waals surface area contributed by atoms with Gasteiger partial charge in [0.05, 0.1) is 12.0 Å². The van der Waals surface area contributed by atoms with Gasteiger partial charge in [-0.05, 0) is 31.9 Å². The maximum Gasteiger partial charge on any atom is 0.289 e. The van der Waals surface area contributed by atoms with Gasteiger partial charge < -0.3 is 14.2 Å². The summed E-state index contributed by atoms with van der Waals surface area (Å²) in [4.78, 5) is 28.5. The van der Waals surface area contributed by atoms with Crippen LogP contribution in [0.3, 0.4) is 0 Å². The smallest absolute Gasteiger partial charge is 0.289 e. The number of piperidine rings is 1. The highest BCUT2D eigenvalue weighted by molar-refractivity contribution is 7.89. The number of carbonyl (C=O) groups is 2. The summed E-state index contributed by atoms with van der Waals surface area (Å²) in [6.07, 6.45) is 2.59. The molecule has 2 aliphatic heterocycles. The molecule has 2 fully saturated rings. The van der Waals surface area contributed by atoms with Gasteiger partial charge in [0.1, 0.15) is 0 Å². The van der Waals surface area contributed by atoms with Crippen LogP contribution in [0.1, 0.15) is 30.3 Å². The van der Waals surface area contributed by atoms with Crippen LogP contribution in [-0.2, 0) is 14.8 Å². The number of hydrogen-bond donors (Lipinski definition) is 0. The Balaban J connectivity index is 1.49. The molecule has 2 saturated heterocycles. The largest absolute Gasteiger partial charge is 0.459 e. The van der Waals surface area contributed by atoms with Crippen molar-refractivity contribution in [2.45, 2.75) is 19.8 Å². The minimum absolute atomic E-state index is 0.0728. The molecule has 2 aliphatic rings. The third kappa shape index (κ3) is 3.93. The highest BCUT2D eigenvalue weighted by Gasteiger charge is 2.34. The van der Waals surface area contributed by atoms with Gasteiger partial charge in [0.2, 0.25) is 15.9 Å². The van der Waals surface area contributed by atoms with E-state index in [1.165, 1.54) is 10.6 Å². The first kappa shape index (κ1) is 18.9. The van der Waals surface area contributed by atoms with Crippen molar-refractivity contribution >= 4 is 21.8 Å². The lowest BCUT2D eigenvalue weighted by molar-refractivity contribution is -0.138. The van der Waals surface area contributed by atoms with E-state index < -0.39 is 10.0 Å². The van der Waals surface area contributed by atoms with E-state index in [4.69, 9.17) is 4.42 Å². The molecule has 0 bridgehead atoms. The third-order valence-electron chi connectivity index (χ3n) is 5.17. The standard InChI is InChI=1S/C17H25N3O5S/c1-2-26(23,24)20-7-5-14(6-8-20)16(21)18-9-11-19(12-10-18)17(22)15-4-3-13-25-15/h3-4,13-14H,2,5-12H2,1H3. The van der Waals surface area contributed by atoms with Crippen LogP contribution in [0.15, 0.2) is 22.8 Å². The fourth-order valence-corrected chi connectivity index (χ4v) is 4.64. The zero-order valence-corrected chi connectivity index (χ0v) is 15.8. The number of furan rings is 1. The Kier molecular flexibility index (Phi) is 5.67. The van der Waals surface area contributed by atoms with Crippen LogP contribution in [0.4, 0.5) is 0 Å². The monoisotopic (exact) mass is 383 g/mol. The number of carbonyl (C=O) groups excluding carboxylic acids is 2. The number of sulfonamides is 1. The van der Waals surface area contributed by atoms with Crippen LogP contribution < -0.4 is 0 Å². The summed E-state index contributed by atoms with van der Waals surface area (Å²) < 4.78 is 30.5. The normalized spacial score (nSPS) is 20.3. The van der Waals surface area contributed by atoms with Crippen LogP contribution in [-0.4, -0.2) is 79.4 Å². The van der Waals surface area contributed by atoms with Crippen molar-refractivity contribution in [1.29, 1.82) is 0 Å². The van der Waals surface area contributed by atoms with Gasteiger partial charge >= 0.3 is 0 Å². The van der Waals surface area contributed by atoms with Gasteiger partial charge in [0, 0.05) is 45.2 Å². The Morgan fingerprint density at radius 2 is 1.69 bits per heavy atom. The summed E-state index contributed by atoms with van der Waals surface area (Å²) in [5, 5.41) is 0. The molecule has 1 aromatic heterocycles. The van der Waals surface area contributed by atoms with Crippen LogP contribution in [0.2, 0.25) is 0 Å². The summed E-state index contributed by atoms with van der Waals surface area (Å²) in [7, 11) is -3.18. The molecule has 0 aromatic carbocycles. The lowest BCUT2D eigenvalue weighted by Crippen LogP contribution is -2.53.